The van der Waals surface area contributed by atoms with E-state index in [4.69, 9.17) is 0 Å². The Bertz CT molecular complexity index is 916. The lowest BCUT2D eigenvalue weighted by Gasteiger charge is -2.16. The second kappa shape index (κ2) is 5.31. The normalized spacial score (nSPS) is 17.7. The number of carbonyl (C=O) groups is 1. The molecule has 0 spiro atoms. The zero-order chi connectivity index (χ0) is 15.8. The van der Waals surface area contributed by atoms with Crippen LogP contribution in [0.1, 0.15) is 23.0 Å². The maximum Gasteiger partial charge on any atom is 0.328 e. The van der Waals surface area contributed by atoms with E-state index in [0.717, 1.165) is 0 Å². The minimum absolute atomic E-state index is 0.0983. The molecule has 8 nitrogen and oxygen atoms in total. The Labute approximate surface area is 130 Å². The Morgan fingerprint density at radius 2 is 2.22 bits per heavy atom. The summed E-state index contributed by atoms with van der Waals surface area (Å²) in [6, 6.07) is 5.16. The van der Waals surface area contributed by atoms with Crippen molar-refractivity contribution >= 4 is 17.1 Å². The van der Waals surface area contributed by atoms with Gasteiger partial charge in [0.2, 0.25) is 0 Å². The maximum absolute atomic E-state index is 12.5. The zero-order valence-electron chi connectivity index (χ0n) is 12.2. The number of imidazole rings is 1. The molecule has 0 radical (unpaired) electrons. The first kappa shape index (κ1) is 13.6. The Balaban J connectivity index is 1.62. The van der Waals surface area contributed by atoms with Crippen LogP contribution in [-0.2, 0) is 0 Å². The molecule has 4 rings (SSSR count). The van der Waals surface area contributed by atoms with E-state index in [9.17, 15) is 9.59 Å². The van der Waals surface area contributed by atoms with E-state index in [0.29, 0.717) is 36.4 Å². The number of nitrogens with one attached hydrogen (secondary N) is 1. The quantitative estimate of drug-likeness (QED) is 0.747. The van der Waals surface area contributed by atoms with Crippen LogP contribution in [0, 0.1) is 0 Å². The molecule has 1 atom stereocenters. The maximum atomic E-state index is 12.5. The highest BCUT2D eigenvalue weighted by atomic mass is 16.2. The number of rotatable bonds is 2. The third kappa shape index (κ3) is 2.28. The highest BCUT2D eigenvalue weighted by molar-refractivity contribution is 5.92. The van der Waals surface area contributed by atoms with Crippen molar-refractivity contribution in [2.45, 2.75) is 12.5 Å². The van der Waals surface area contributed by atoms with Crippen LogP contribution in [0.25, 0.3) is 11.2 Å². The van der Waals surface area contributed by atoms with Gasteiger partial charge in [-0.3, -0.25) is 14.3 Å². The molecule has 0 saturated carbocycles. The largest absolute Gasteiger partial charge is 0.335 e. The number of carbonyl (C=O) groups excluding carboxylic acids is 1. The van der Waals surface area contributed by atoms with Crippen LogP contribution in [0.4, 0.5) is 0 Å². The van der Waals surface area contributed by atoms with Gasteiger partial charge in [0.15, 0.2) is 5.65 Å². The lowest BCUT2D eigenvalue weighted by atomic mass is 10.2. The summed E-state index contributed by atoms with van der Waals surface area (Å²) < 4.78 is 1.61. The number of H-pyrrole nitrogens is 1. The van der Waals surface area contributed by atoms with Gasteiger partial charge in [0.25, 0.3) is 5.91 Å². The van der Waals surface area contributed by atoms with Crippen molar-refractivity contribution in [3.8, 4) is 0 Å². The molecule has 23 heavy (non-hydrogen) atoms. The molecule has 1 saturated heterocycles. The fourth-order valence-corrected chi connectivity index (χ4v) is 3.00. The molecule has 0 bridgehead atoms. The van der Waals surface area contributed by atoms with E-state index in [-0.39, 0.29) is 17.6 Å². The van der Waals surface area contributed by atoms with Crippen LogP contribution in [0.5, 0.6) is 0 Å². The third-order valence-electron chi connectivity index (χ3n) is 4.08. The summed E-state index contributed by atoms with van der Waals surface area (Å²) >= 11 is 0. The van der Waals surface area contributed by atoms with Crippen LogP contribution in [0.2, 0.25) is 0 Å². The molecule has 3 aromatic rings. The van der Waals surface area contributed by atoms with Crippen molar-refractivity contribution in [1.29, 1.82) is 0 Å². The molecule has 1 aliphatic rings. The fourth-order valence-electron chi connectivity index (χ4n) is 3.00. The molecule has 4 heterocycles. The molecule has 1 amide bonds. The Morgan fingerprint density at radius 1 is 1.30 bits per heavy atom. The SMILES string of the molecule is O=C(c1ccccn1)N1CC[C@@H](n2c(=O)[nH]c3cncnc32)C1. The molecule has 1 aliphatic heterocycles. The first-order valence-electron chi connectivity index (χ1n) is 7.34. The summed E-state index contributed by atoms with van der Waals surface area (Å²) in [4.78, 5) is 41.3. The van der Waals surface area contributed by atoms with Gasteiger partial charge in [0.05, 0.1) is 12.2 Å². The summed E-state index contributed by atoms with van der Waals surface area (Å²) in [7, 11) is 0. The van der Waals surface area contributed by atoms with Crippen molar-refractivity contribution in [3.05, 3.63) is 53.1 Å². The van der Waals surface area contributed by atoms with Gasteiger partial charge in [-0.05, 0) is 18.6 Å². The van der Waals surface area contributed by atoms with Crippen molar-refractivity contribution in [2.75, 3.05) is 13.1 Å². The smallest absolute Gasteiger partial charge is 0.328 e. The number of likely N-dealkylation sites (tertiary alicyclic amines) is 1. The molecule has 0 unspecified atom stereocenters. The van der Waals surface area contributed by atoms with Gasteiger partial charge in [-0.15, -0.1) is 0 Å². The third-order valence-corrected chi connectivity index (χ3v) is 4.08. The van der Waals surface area contributed by atoms with E-state index in [1.54, 1.807) is 40.1 Å². The average Bonchev–Trinajstić information content (AvgIpc) is 3.18. The van der Waals surface area contributed by atoms with Crippen molar-refractivity contribution in [2.24, 2.45) is 0 Å². The second-order valence-corrected chi connectivity index (χ2v) is 5.47. The van der Waals surface area contributed by atoms with E-state index in [2.05, 4.69) is 19.9 Å². The molecule has 1 fully saturated rings. The molecular formula is C15H14N6O2. The molecule has 3 aromatic heterocycles. The van der Waals surface area contributed by atoms with Crippen LogP contribution in [0.15, 0.2) is 41.7 Å². The Kier molecular flexibility index (Phi) is 3.14. The number of aromatic amines is 1. The minimum Gasteiger partial charge on any atom is -0.335 e. The molecule has 116 valence electrons. The lowest BCUT2D eigenvalue weighted by molar-refractivity contribution is 0.0782. The minimum atomic E-state index is -0.224. The monoisotopic (exact) mass is 310 g/mol. The van der Waals surface area contributed by atoms with Crippen LogP contribution in [-0.4, -0.2) is 48.4 Å². The summed E-state index contributed by atoms with van der Waals surface area (Å²) in [6.07, 6.45) is 5.29. The Hall–Kier alpha value is -3.03. The van der Waals surface area contributed by atoms with Crippen molar-refractivity contribution in [3.63, 3.8) is 0 Å². The summed E-state index contributed by atoms with van der Waals surface area (Å²) in [5, 5.41) is 0. The van der Waals surface area contributed by atoms with E-state index in [1.807, 2.05) is 0 Å². The highest BCUT2D eigenvalue weighted by Crippen LogP contribution is 2.23. The second-order valence-electron chi connectivity index (χ2n) is 5.47. The Morgan fingerprint density at radius 3 is 3.04 bits per heavy atom. The predicted octanol–water partition coefficient (Wildman–Crippen LogP) is 0.602. The average molecular weight is 310 g/mol. The van der Waals surface area contributed by atoms with Gasteiger partial charge in [-0.1, -0.05) is 6.07 Å². The van der Waals surface area contributed by atoms with Crippen LogP contribution < -0.4 is 5.69 Å². The molecule has 8 heteroatoms. The summed E-state index contributed by atoms with van der Waals surface area (Å²) in [5.74, 6) is -0.115. The molecule has 0 aliphatic carbocycles. The van der Waals surface area contributed by atoms with E-state index >= 15 is 0 Å². The zero-order valence-corrected chi connectivity index (χ0v) is 12.2. The fraction of sp³-hybridized carbons (Fsp3) is 0.267. The standard InChI is InChI=1S/C15H14N6O2/c22-14(11-3-1-2-5-17-11)20-6-4-10(8-20)21-13-12(19-15(21)23)7-16-9-18-13/h1-3,5,7,9-10H,4,6,8H2,(H,19,23)/t10-/m1/s1. The summed E-state index contributed by atoms with van der Waals surface area (Å²) in [6.45, 7) is 1.05. The molecular weight excluding hydrogens is 296 g/mol. The van der Waals surface area contributed by atoms with Gasteiger partial charge in [0, 0.05) is 19.3 Å². The van der Waals surface area contributed by atoms with Gasteiger partial charge in [-0.2, -0.15) is 0 Å². The van der Waals surface area contributed by atoms with Crippen molar-refractivity contribution in [1.82, 2.24) is 29.4 Å². The van der Waals surface area contributed by atoms with E-state index < -0.39 is 0 Å². The van der Waals surface area contributed by atoms with Gasteiger partial charge >= 0.3 is 5.69 Å². The van der Waals surface area contributed by atoms with Crippen molar-refractivity contribution < 1.29 is 4.79 Å². The highest BCUT2D eigenvalue weighted by Gasteiger charge is 2.30. The molecule has 0 aromatic carbocycles. The van der Waals surface area contributed by atoms with Crippen LogP contribution in [0.3, 0.4) is 0 Å². The number of hydrogen-bond donors (Lipinski definition) is 1. The topological polar surface area (TPSA) is 96.8 Å². The first-order chi connectivity index (χ1) is 11.2. The number of nitrogens with zero attached hydrogens (tertiary/aromatic N) is 5. The number of fused-ring (bicyclic) bond motifs is 1. The number of amides is 1. The lowest BCUT2D eigenvalue weighted by Crippen LogP contribution is -2.31. The van der Waals surface area contributed by atoms with Gasteiger partial charge in [-0.25, -0.2) is 14.8 Å². The molecule has 1 N–H and O–H groups in total. The summed E-state index contributed by atoms with van der Waals surface area (Å²) in [5.41, 5.74) is 1.37. The predicted molar refractivity (Wildman–Crippen MR) is 81.9 cm³/mol. The number of pyridine rings is 1. The van der Waals surface area contributed by atoms with E-state index in [1.165, 1.54) is 6.33 Å². The first-order valence-corrected chi connectivity index (χ1v) is 7.34. The van der Waals surface area contributed by atoms with Crippen LogP contribution >= 0.6 is 0 Å². The number of hydrogen-bond acceptors (Lipinski definition) is 5. The van der Waals surface area contributed by atoms with Gasteiger partial charge < -0.3 is 9.88 Å². The number of aromatic nitrogens is 5. The van der Waals surface area contributed by atoms with Gasteiger partial charge in [0.1, 0.15) is 17.5 Å².